The van der Waals surface area contributed by atoms with Gasteiger partial charge in [-0.05, 0) is 60.8 Å². The van der Waals surface area contributed by atoms with E-state index < -0.39 is 0 Å². The molecule has 0 unspecified atom stereocenters. The van der Waals surface area contributed by atoms with Gasteiger partial charge in [0.1, 0.15) is 0 Å². The van der Waals surface area contributed by atoms with Crippen molar-refractivity contribution in [2.24, 2.45) is 0 Å². The first kappa shape index (κ1) is 21.8. The summed E-state index contributed by atoms with van der Waals surface area (Å²) in [7, 11) is 0. The van der Waals surface area contributed by atoms with E-state index in [0.29, 0.717) is 0 Å². The molecule has 0 radical (unpaired) electrons. The van der Waals surface area contributed by atoms with Crippen molar-refractivity contribution in [3.63, 3.8) is 0 Å². The summed E-state index contributed by atoms with van der Waals surface area (Å²) in [6, 6.07) is 0. The van der Waals surface area contributed by atoms with Gasteiger partial charge < -0.3 is 28.4 Å². The molecule has 144 valence electrons. The summed E-state index contributed by atoms with van der Waals surface area (Å²) in [5.74, 6) is -0.964. The van der Waals surface area contributed by atoms with Crippen molar-refractivity contribution in [3.8, 4) is 0 Å². The highest BCUT2D eigenvalue weighted by atomic mass is 16.7. The van der Waals surface area contributed by atoms with E-state index in [1.807, 2.05) is 41.5 Å². The van der Waals surface area contributed by atoms with Crippen LogP contribution in [0.5, 0.6) is 0 Å². The lowest BCUT2D eigenvalue weighted by Crippen LogP contribution is -2.33. The average Bonchev–Trinajstić information content (AvgIpc) is 2.76. The maximum Gasteiger partial charge on any atom is 0.162 e. The molecule has 3 aliphatic rings. The molecule has 0 N–H and O–H groups in total. The maximum absolute atomic E-state index is 5.37. The van der Waals surface area contributed by atoms with Gasteiger partial charge >= 0.3 is 0 Å². The summed E-state index contributed by atoms with van der Waals surface area (Å²) in [6.07, 6.45) is 3.29. The lowest BCUT2D eigenvalue weighted by atomic mass is 10.3. The van der Waals surface area contributed by atoms with Crippen molar-refractivity contribution in [1.29, 1.82) is 0 Å². The molecule has 6 nitrogen and oxygen atoms in total. The Hall–Kier alpha value is -0.240. The van der Waals surface area contributed by atoms with Crippen LogP contribution in [0.15, 0.2) is 0 Å². The number of hydrogen-bond donors (Lipinski definition) is 0. The van der Waals surface area contributed by atoms with Crippen molar-refractivity contribution in [3.05, 3.63) is 0 Å². The van der Waals surface area contributed by atoms with Crippen LogP contribution in [0.3, 0.4) is 0 Å². The summed E-state index contributed by atoms with van der Waals surface area (Å²) in [6.45, 7) is 16.5. The second kappa shape index (κ2) is 10.0. The van der Waals surface area contributed by atoms with E-state index in [9.17, 15) is 0 Å². The molecule has 0 spiro atoms. The molecule has 3 fully saturated rings. The van der Waals surface area contributed by atoms with Gasteiger partial charge in [0.05, 0.1) is 39.6 Å². The fourth-order valence-electron chi connectivity index (χ4n) is 2.23. The molecule has 0 bridgehead atoms. The summed E-state index contributed by atoms with van der Waals surface area (Å²) >= 11 is 0. The van der Waals surface area contributed by atoms with Crippen LogP contribution < -0.4 is 0 Å². The minimum atomic E-state index is -0.337. The van der Waals surface area contributed by atoms with Gasteiger partial charge in [-0.3, -0.25) is 0 Å². The summed E-state index contributed by atoms with van der Waals surface area (Å²) in [5, 5.41) is 0. The Balaban J connectivity index is 0.000000181. The molecule has 0 amide bonds. The third-order valence-electron chi connectivity index (χ3n) is 3.61. The Kier molecular flexibility index (Phi) is 9.12. The third kappa shape index (κ3) is 10.6. The van der Waals surface area contributed by atoms with Crippen molar-refractivity contribution in [1.82, 2.24) is 0 Å². The first-order valence-corrected chi connectivity index (χ1v) is 8.96. The van der Waals surface area contributed by atoms with Crippen molar-refractivity contribution in [2.75, 3.05) is 39.6 Å². The normalized spacial score (nSPS) is 27.8. The highest BCUT2D eigenvalue weighted by Gasteiger charge is 2.23. The van der Waals surface area contributed by atoms with E-state index >= 15 is 0 Å². The smallest absolute Gasteiger partial charge is 0.162 e. The van der Waals surface area contributed by atoms with Crippen LogP contribution in [0.1, 0.15) is 60.8 Å². The molecule has 3 aliphatic heterocycles. The Morgan fingerprint density at radius 2 is 0.625 bits per heavy atom. The molecular formula is C18H36O6. The molecule has 3 rings (SSSR count). The fraction of sp³-hybridized carbons (Fsp3) is 1.00. The Morgan fingerprint density at radius 3 is 0.875 bits per heavy atom. The van der Waals surface area contributed by atoms with Crippen molar-refractivity contribution >= 4 is 0 Å². The molecule has 0 aromatic rings. The highest BCUT2D eigenvalue weighted by Crippen LogP contribution is 2.17. The van der Waals surface area contributed by atoms with Crippen molar-refractivity contribution in [2.45, 2.75) is 78.2 Å². The second-order valence-electron chi connectivity index (χ2n) is 7.35. The summed E-state index contributed by atoms with van der Waals surface area (Å²) < 4.78 is 31.5. The van der Waals surface area contributed by atoms with Gasteiger partial charge in [-0.1, -0.05) is 0 Å². The molecule has 24 heavy (non-hydrogen) atoms. The van der Waals surface area contributed by atoms with Crippen LogP contribution in [-0.2, 0) is 28.4 Å². The zero-order chi connectivity index (χ0) is 18.1. The van der Waals surface area contributed by atoms with Gasteiger partial charge in [-0.25, -0.2) is 0 Å². The zero-order valence-electron chi connectivity index (χ0n) is 16.3. The average molecular weight is 348 g/mol. The van der Waals surface area contributed by atoms with Crippen LogP contribution in [0.25, 0.3) is 0 Å². The van der Waals surface area contributed by atoms with Gasteiger partial charge in [0.2, 0.25) is 0 Å². The SMILES string of the molecule is CC1(C)OCCCCO1.CC1(C)OCCCO1.CC1(C)OCCO1. The highest BCUT2D eigenvalue weighted by molar-refractivity contribution is 4.59. The molecule has 0 aromatic heterocycles. The van der Waals surface area contributed by atoms with Gasteiger partial charge in [0.25, 0.3) is 0 Å². The van der Waals surface area contributed by atoms with E-state index in [1.54, 1.807) is 0 Å². The third-order valence-corrected chi connectivity index (χ3v) is 3.61. The lowest BCUT2D eigenvalue weighted by molar-refractivity contribution is -0.244. The first-order valence-electron chi connectivity index (χ1n) is 8.96. The number of hydrogen-bond acceptors (Lipinski definition) is 6. The first-order chi connectivity index (χ1) is 11.1. The predicted molar refractivity (Wildman–Crippen MR) is 91.8 cm³/mol. The number of rotatable bonds is 0. The van der Waals surface area contributed by atoms with Gasteiger partial charge in [-0.15, -0.1) is 0 Å². The zero-order valence-corrected chi connectivity index (χ0v) is 16.3. The molecular weight excluding hydrogens is 312 g/mol. The largest absolute Gasteiger partial charge is 0.351 e. The van der Waals surface area contributed by atoms with E-state index in [-0.39, 0.29) is 17.4 Å². The molecule has 3 saturated heterocycles. The number of ether oxygens (including phenoxy) is 6. The lowest BCUT2D eigenvalue weighted by Gasteiger charge is -2.29. The Bertz CT molecular complexity index is 314. The van der Waals surface area contributed by atoms with Crippen LogP contribution in [0.2, 0.25) is 0 Å². The fourth-order valence-corrected chi connectivity index (χ4v) is 2.23. The molecule has 0 saturated carbocycles. The quantitative estimate of drug-likeness (QED) is 0.668. The molecule has 0 aliphatic carbocycles. The minimum Gasteiger partial charge on any atom is -0.351 e. The van der Waals surface area contributed by atoms with E-state index in [0.717, 1.165) is 58.9 Å². The standard InChI is InChI=1S/C7H14O2.C6H12O2.C5H10O2/c1-7(2)8-5-3-4-6-9-7;1-6(2)7-4-3-5-8-6;1-5(2)6-3-4-7-5/h3-6H2,1-2H3;3-5H2,1-2H3;3-4H2,1-2H3. The van der Waals surface area contributed by atoms with E-state index in [4.69, 9.17) is 28.4 Å². The van der Waals surface area contributed by atoms with Crippen LogP contribution >= 0.6 is 0 Å². The monoisotopic (exact) mass is 348 g/mol. The molecule has 6 heteroatoms. The predicted octanol–water partition coefficient (Wildman–Crippen LogP) is 3.48. The van der Waals surface area contributed by atoms with Crippen molar-refractivity contribution < 1.29 is 28.4 Å². The van der Waals surface area contributed by atoms with E-state index in [2.05, 4.69) is 0 Å². The molecule has 3 heterocycles. The Labute approximate surface area is 147 Å². The van der Waals surface area contributed by atoms with Crippen LogP contribution in [-0.4, -0.2) is 57.0 Å². The summed E-state index contributed by atoms with van der Waals surface area (Å²) in [5.41, 5.74) is 0. The molecule has 0 aromatic carbocycles. The van der Waals surface area contributed by atoms with Gasteiger partial charge in [0.15, 0.2) is 17.4 Å². The maximum atomic E-state index is 5.37. The van der Waals surface area contributed by atoms with E-state index in [1.165, 1.54) is 0 Å². The Morgan fingerprint density at radius 1 is 0.375 bits per heavy atom. The topological polar surface area (TPSA) is 55.4 Å². The van der Waals surface area contributed by atoms with Crippen LogP contribution in [0, 0.1) is 0 Å². The molecule has 0 atom stereocenters. The minimum absolute atomic E-state index is 0.306. The summed E-state index contributed by atoms with van der Waals surface area (Å²) in [4.78, 5) is 0. The second-order valence-corrected chi connectivity index (χ2v) is 7.35. The van der Waals surface area contributed by atoms with Gasteiger partial charge in [-0.2, -0.15) is 0 Å². The van der Waals surface area contributed by atoms with Crippen LogP contribution in [0.4, 0.5) is 0 Å². The van der Waals surface area contributed by atoms with Gasteiger partial charge in [0, 0.05) is 0 Å².